The highest BCUT2D eigenvalue weighted by Crippen LogP contribution is 2.23. The molecule has 0 bridgehead atoms. The van der Waals surface area contributed by atoms with Crippen molar-refractivity contribution >= 4 is 5.91 Å². The molecule has 2 aliphatic heterocycles. The Balaban J connectivity index is 1.43. The highest BCUT2D eigenvalue weighted by atomic mass is 16.2. The molecule has 1 atom stereocenters. The minimum Gasteiger partial charge on any atom is -0.342 e. The van der Waals surface area contributed by atoms with Gasteiger partial charge in [0.25, 0.3) is 0 Å². The molecule has 5 nitrogen and oxygen atoms in total. The van der Waals surface area contributed by atoms with Crippen molar-refractivity contribution in [2.45, 2.75) is 45.4 Å². The van der Waals surface area contributed by atoms with E-state index in [9.17, 15) is 4.79 Å². The number of H-pyrrole nitrogens is 1. The molecular formula is C18H30N4O. The molecule has 2 saturated heterocycles. The summed E-state index contributed by atoms with van der Waals surface area (Å²) in [7, 11) is 0. The molecule has 0 saturated carbocycles. The smallest absolute Gasteiger partial charge is 0.226 e. The number of piperidine rings is 2. The Hall–Kier alpha value is -1.36. The van der Waals surface area contributed by atoms with Gasteiger partial charge in [-0.2, -0.15) is 5.10 Å². The first-order valence-corrected chi connectivity index (χ1v) is 9.21. The number of aryl methyl sites for hydroxylation is 1. The number of rotatable bonds is 5. The maximum absolute atomic E-state index is 12.8. The second-order valence-electron chi connectivity index (χ2n) is 7.36. The molecule has 1 aromatic heterocycles. The Morgan fingerprint density at radius 1 is 1.30 bits per heavy atom. The van der Waals surface area contributed by atoms with Gasteiger partial charge in [0.05, 0.1) is 12.1 Å². The first kappa shape index (κ1) is 16.5. The predicted molar refractivity (Wildman–Crippen MR) is 91.1 cm³/mol. The standard InChI is InChI=1S/C18H30N4O/c1-15-6-10-22(11-7-15)18(23)17-5-3-9-21(14-17)8-2-4-16-12-19-20-13-16/h12-13,15,17H,2-11,14H2,1H3,(H,19,20). The second-order valence-corrected chi connectivity index (χ2v) is 7.36. The average molecular weight is 318 g/mol. The van der Waals surface area contributed by atoms with Crippen molar-refractivity contribution < 1.29 is 4.79 Å². The lowest BCUT2D eigenvalue weighted by Crippen LogP contribution is -2.47. The van der Waals surface area contributed by atoms with Crippen molar-refractivity contribution in [1.29, 1.82) is 0 Å². The Morgan fingerprint density at radius 3 is 2.87 bits per heavy atom. The van der Waals surface area contributed by atoms with Gasteiger partial charge in [-0.15, -0.1) is 0 Å². The fourth-order valence-corrected chi connectivity index (χ4v) is 3.87. The lowest BCUT2D eigenvalue weighted by atomic mass is 9.93. The van der Waals surface area contributed by atoms with Crippen molar-refractivity contribution in [3.8, 4) is 0 Å². The molecule has 1 aromatic rings. The Bertz CT molecular complexity index is 479. The summed E-state index contributed by atoms with van der Waals surface area (Å²) in [6.45, 7) is 7.42. The van der Waals surface area contributed by atoms with Crippen molar-refractivity contribution in [2.75, 3.05) is 32.7 Å². The zero-order valence-corrected chi connectivity index (χ0v) is 14.3. The Kier molecular flexibility index (Phi) is 5.70. The normalized spacial score (nSPS) is 24.0. The van der Waals surface area contributed by atoms with E-state index in [1.165, 1.54) is 18.4 Å². The fraction of sp³-hybridized carbons (Fsp3) is 0.778. The molecule has 23 heavy (non-hydrogen) atoms. The SMILES string of the molecule is CC1CCN(C(=O)C2CCCN(CCCc3cn[nH]c3)C2)CC1. The van der Waals surface area contributed by atoms with E-state index < -0.39 is 0 Å². The van der Waals surface area contributed by atoms with E-state index in [0.29, 0.717) is 5.91 Å². The second kappa shape index (κ2) is 7.95. The van der Waals surface area contributed by atoms with E-state index in [0.717, 1.165) is 64.3 Å². The topological polar surface area (TPSA) is 52.2 Å². The number of hydrogen-bond donors (Lipinski definition) is 1. The first-order valence-electron chi connectivity index (χ1n) is 9.21. The zero-order chi connectivity index (χ0) is 16.1. The van der Waals surface area contributed by atoms with Gasteiger partial charge < -0.3 is 9.80 Å². The number of carbonyl (C=O) groups is 1. The summed E-state index contributed by atoms with van der Waals surface area (Å²) in [6, 6.07) is 0. The van der Waals surface area contributed by atoms with E-state index in [2.05, 4.69) is 26.9 Å². The minimum absolute atomic E-state index is 0.228. The largest absolute Gasteiger partial charge is 0.342 e. The fourth-order valence-electron chi connectivity index (χ4n) is 3.87. The van der Waals surface area contributed by atoms with Gasteiger partial charge in [0.1, 0.15) is 0 Å². The minimum atomic E-state index is 0.228. The summed E-state index contributed by atoms with van der Waals surface area (Å²) in [6.07, 6.45) is 10.7. The summed E-state index contributed by atoms with van der Waals surface area (Å²) >= 11 is 0. The van der Waals surface area contributed by atoms with Gasteiger partial charge >= 0.3 is 0 Å². The van der Waals surface area contributed by atoms with Crippen LogP contribution in [0.1, 0.15) is 44.6 Å². The molecule has 5 heteroatoms. The van der Waals surface area contributed by atoms with E-state index >= 15 is 0 Å². The van der Waals surface area contributed by atoms with E-state index in [-0.39, 0.29) is 5.92 Å². The van der Waals surface area contributed by atoms with Crippen molar-refractivity contribution in [3.63, 3.8) is 0 Å². The van der Waals surface area contributed by atoms with Crippen LogP contribution in [0.5, 0.6) is 0 Å². The van der Waals surface area contributed by atoms with Crippen LogP contribution in [0, 0.1) is 11.8 Å². The molecule has 0 radical (unpaired) electrons. The quantitative estimate of drug-likeness (QED) is 0.906. The van der Waals surface area contributed by atoms with Crippen LogP contribution in [0.25, 0.3) is 0 Å². The molecule has 1 N–H and O–H groups in total. The van der Waals surface area contributed by atoms with Crippen LogP contribution in [0.4, 0.5) is 0 Å². The number of nitrogens with one attached hydrogen (secondary N) is 1. The average Bonchev–Trinajstić information content (AvgIpc) is 3.09. The van der Waals surface area contributed by atoms with Gasteiger partial charge in [-0.25, -0.2) is 0 Å². The Labute approximate surface area is 139 Å². The molecule has 1 amide bonds. The molecule has 2 aliphatic rings. The highest BCUT2D eigenvalue weighted by molar-refractivity contribution is 5.79. The van der Waals surface area contributed by atoms with Crippen LogP contribution in [0.15, 0.2) is 12.4 Å². The first-order chi connectivity index (χ1) is 11.2. The molecule has 0 aromatic carbocycles. The van der Waals surface area contributed by atoms with Gasteiger partial charge in [-0.3, -0.25) is 9.89 Å². The van der Waals surface area contributed by atoms with Crippen LogP contribution < -0.4 is 0 Å². The van der Waals surface area contributed by atoms with Gasteiger partial charge in [0.15, 0.2) is 0 Å². The maximum Gasteiger partial charge on any atom is 0.226 e. The van der Waals surface area contributed by atoms with Gasteiger partial charge in [0.2, 0.25) is 5.91 Å². The van der Waals surface area contributed by atoms with E-state index in [1.807, 2.05) is 12.4 Å². The predicted octanol–water partition coefficient (Wildman–Crippen LogP) is 2.31. The molecular weight excluding hydrogens is 288 g/mol. The van der Waals surface area contributed by atoms with Crippen molar-refractivity contribution in [2.24, 2.45) is 11.8 Å². The van der Waals surface area contributed by atoms with E-state index in [4.69, 9.17) is 0 Å². The number of likely N-dealkylation sites (tertiary alicyclic amines) is 2. The van der Waals surface area contributed by atoms with Crippen LogP contribution in [0.3, 0.4) is 0 Å². The van der Waals surface area contributed by atoms with Gasteiger partial charge in [0, 0.05) is 25.8 Å². The lowest BCUT2D eigenvalue weighted by Gasteiger charge is -2.37. The number of aromatic nitrogens is 2. The molecule has 0 aliphatic carbocycles. The molecule has 2 fully saturated rings. The Morgan fingerprint density at radius 2 is 2.13 bits per heavy atom. The van der Waals surface area contributed by atoms with Crippen molar-refractivity contribution in [3.05, 3.63) is 18.0 Å². The third kappa shape index (κ3) is 4.56. The molecule has 0 spiro atoms. The summed E-state index contributed by atoms with van der Waals surface area (Å²) in [5.74, 6) is 1.42. The van der Waals surface area contributed by atoms with Gasteiger partial charge in [-0.05, 0) is 63.1 Å². The molecule has 1 unspecified atom stereocenters. The zero-order valence-electron chi connectivity index (χ0n) is 14.3. The van der Waals surface area contributed by atoms with Crippen LogP contribution in [-0.4, -0.2) is 58.6 Å². The van der Waals surface area contributed by atoms with Crippen LogP contribution in [-0.2, 0) is 11.2 Å². The number of amides is 1. The number of carbonyl (C=O) groups excluding carboxylic acids is 1. The van der Waals surface area contributed by atoms with Crippen LogP contribution in [0.2, 0.25) is 0 Å². The summed E-state index contributed by atoms with van der Waals surface area (Å²) in [4.78, 5) is 17.4. The number of nitrogens with zero attached hydrogens (tertiary/aromatic N) is 3. The summed E-state index contributed by atoms with van der Waals surface area (Å²) < 4.78 is 0. The highest BCUT2D eigenvalue weighted by Gasteiger charge is 2.30. The monoisotopic (exact) mass is 318 g/mol. The molecule has 3 heterocycles. The van der Waals surface area contributed by atoms with Gasteiger partial charge in [-0.1, -0.05) is 6.92 Å². The third-order valence-electron chi connectivity index (χ3n) is 5.44. The summed E-state index contributed by atoms with van der Waals surface area (Å²) in [5, 5.41) is 6.86. The lowest BCUT2D eigenvalue weighted by molar-refractivity contribution is -0.138. The molecule has 128 valence electrons. The summed E-state index contributed by atoms with van der Waals surface area (Å²) in [5.41, 5.74) is 1.28. The third-order valence-corrected chi connectivity index (χ3v) is 5.44. The maximum atomic E-state index is 12.8. The van der Waals surface area contributed by atoms with Crippen LogP contribution >= 0.6 is 0 Å². The van der Waals surface area contributed by atoms with Crippen molar-refractivity contribution in [1.82, 2.24) is 20.0 Å². The van der Waals surface area contributed by atoms with E-state index in [1.54, 1.807) is 0 Å². The number of aromatic amines is 1. The number of hydrogen-bond acceptors (Lipinski definition) is 3. The molecule has 3 rings (SSSR count).